The highest BCUT2D eigenvalue weighted by Crippen LogP contribution is 2.15. The Bertz CT molecular complexity index is 236. The second-order valence-electron chi connectivity index (χ2n) is 5.23. The quantitative estimate of drug-likeness (QED) is 0.551. The molecule has 1 aliphatic rings. The summed E-state index contributed by atoms with van der Waals surface area (Å²) in [6, 6.07) is 0.730. The predicted octanol–water partition coefficient (Wildman–Crippen LogP) is 2.93. The molecule has 1 unspecified atom stereocenters. The van der Waals surface area contributed by atoms with Crippen molar-refractivity contribution in [3.05, 3.63) is 0 Å². The van der Waals surface area contributed by atoms with E-state index in [2.05, 4.69) is 33.1 Å². The number of hydrogen-bond donors (Lipinski definition) is 1. The number of rotatable bonds is 8. The molecule has 1 fully saturated rings. The standard InChI is InChI=1S/C14H27BrN2O/c1-13-7-3-5-11-17(13)12-6-10-16-14(18)8-2-4-9-15/h13H,2-12H2,1H3,(H,16,18). The first kappa shape index (κ1) is 16.0. The Hall–Kier alpha value is -0.0900. The molecule has 4 heteroatoms. The highest BCUT2D eigenvalue weighted by molar-refractivity contribution is 9.09. The van der Waals surface area contributed by atoms with Crippen molar-refractivity contribution in [3.8, 4) is 0 Å². The minimum atomic E-state index is 0.211. The Morgan fingerprint density at radius 1 is 1.33 bits per heavy atom. The molecule has 0 radical (unpaired) electrons. The Morgan fingerprint density at radius 3 is 2.89 bits per heavy atom. The van der Waals surface area contributed by atoms with Gasteiger partial charge in [0.15, 0.2) is 0 Å². The van der Waals surface area contributed by atoms with Crippen molar-refractivity contribution in [2.24, 2.45) is 0 Å². The zero-order chi connectivity index (χ0) is 13.2. The zero-order valence-corrected chi connectivity index (χ0v) is 13.2. The summed E-state index contributed by atoms with van der Waals surface area (Å²) < 4.78 is 0. The molecule has 0 aromatic heterocycles. The van der Waals surface area contributed by atoms with Gasteiger partial charge in [-0.05, 0) is 45.6 Å². The molecule has 1 aliphatic heterocycles. The van der Waals surface area contributed by atoms with Crippen molar-refractivity contribution < 1.29 is 4.79 Å². The largest absolute Gasteiger partial charge is 0.356 e. The maximum absolute atomic E-state index is 11.5. The highest BCUT2D eigenvalue weighted by atomic mass is 79.9. The molecule has 1 atom stereocenters. The molecule has 1 saturated heterocycles. The first-order valence-corrected chi connectivity index (χ1v) is 8.43. The van der Waals surface area contributed by atoms with Gasteiger partial charge in [0.2, 0.25) is 5.91 Å². The van der Waals surface area contributed by atoms with Gasteiger partial charge in [0, 0.05) is 30.9 Å². The summed E-state index contributed by atoms with van der Waals surface area (Å²) in [6.45, 7) is 5.51. The first-order valence-electron chi connectivity index (χ1n) is 7.30. The molecule has 0 aliphatic carbocycles. The van der Waals surface area contributed by atoms with E-state index in [0.717, 1.165) is 43.7 Å². The van der Waals surface area contributed by atoms with Gasteiger partial charge < -0.3 is 10.2 Å². The van der Waals surface area contributed by atoms with Crippen molar-refractivity contribution in [1.82, 2.24) is 10.2 Å². The van der Waals surface area contributed by atoms with Crippen molar-refractivity contribution in [3.63, 3.8) is 0 Å². The third-order valence-electron chi connectivity index (χ3n) is 3.67. The lowest BCUT2D eigenvalue weighted by Gasteiger charge is -2.33. The van der Waals surface area contributed by atoms with Crippen LogP contribution in [0.3, 0.4) is 0 Å². The van der Waals surface area contributed by atoms with E-state index in [4.69, 9.17) is 0 Å². The Morgan fingerprint density at radius 2 is 2.17 bits per heavy atom. The van der Waals surface area contributed by atoms with Crippen LogP contribution in [0.5, 0.6) is 0 Å². The van der Waals surface area contributed by atoms with Gasteiger partial charge in [-0.25, -0.2) is 0 Å². The van der Waals surface area contributed by atoms with Crippen molar-refractivity contribution in [1.29, 1.82) is 0 Å². The van der Waals surface area contributed by atoms with Gasteiger partial charge in [-0.1, -0.05) is 22.4 Å². The van der Waals surface area contributed by atoms with Crippen LogP contribution in [-0.4, -0.2) is 41.8 Å². The molecule has 18 heavy (non-hydrogen) atoms. The number of amides is 1. The Kier molecular flexibility index (Phi) is 8.68. The molecule has 1 heterocycles. The summed E-state index contributed by atoms with van der Waals surface area (Å²) in [7, 11) is 0. The maximum atomic E-state index is 11.5. The van der Waals surface area contributed by atoms with E-state index in [0.29, 0.717) is 6.42 Å². The van der Waals surface area contributed by atoms with Crippen LogP contribution in [0.2, 0.25) is 0 Å². The van der Waals surface area contributed by atoms with Crippen LogP contribution in [0.1, 0.15) is 51.9 Å². The number of piperidine rings is 1. The van der Waals surface area contributed by atoms with Gasteiger partial charge in [0.05, 0.1) is 0 Å². The molecule has 3 nitrogen and oxygen atoms in total. The van der Waals surface area contributed by atoms with Crippen LogP contribution in [0.25, 0.3) is 0 Å². The fourth-order valence-corrected chi connectivity index (χ4v) is 2.86. The molecule has 1 amide bonds. The van der Waals surface area contributed by atoms with E-state index in [9.17, 15) is 4.79 Å². The van der Waals surface area contributed by atoms with Gasteiger partial charge in [-0.15, -0.1) is 0 Å². The third kappa shape index (κ3) is 6.74. The predicted molar refractivity (Wildman–Crippen MR) is 80.2 cm³/mol. The van der Waals surface area contributed by atoms with Gasteiger partial charge in [0.1, 0.15) is 0 Å². The van der Waals surface area contributed by atoms with E-state index >= 15 is 0 Å². The van der Waals surface area contributed by atoms with Crippen molar-refractivity contribution in [2.45, 2.75) is 57.9 Å². The molecule has 106 valence electrons. The lowest BCUT2D eigenvalue weighted by molar-refractivity contribution is -0.121. The Balaban J connectivity index is 1.98. The van der Waals surface area contributed by atoms with Crippen LogP contribution in [0, 0.1) is 0 Å². The van der Waals surface area contributed by atoms with Crippen LogP contribution >= 0.6 is 15.9 Å². The van der Waals surface area contributed by atoms with E-state index in [-0.39, 0.29) is 5.91 Å². The Labute approximate surface area is 120 Å². The summed E-state index contributed by atoms with van der Waals surface area (Å²) >= 11 is 3.38. The molecule has 0 aromatic carbocycles. The van der Waals surface area contributed by atoms with Crippen LogP contribution in [-0.2, 0) is 4.79 Å². The molecule has 0 spiro atoms. The van der Waals surface area contributed by atoms with Gasteiger partial charge in [0.25, 0.3) is 0 Å². The molecule has 0 aromatic rings. The molecule has 0 saturated carbocycles. The van der Waals surface area contributed by atoms with Crippen molar-refractivity contribution in [2.75, 3.05) is 25.0 Å². The molecule has 1 N–H and O–H groups in total. The molecule has 1 rings (SSSR count). The number of unbranched alkanes of at least 4 members (excludes halogenated alkanes) is 1. The second kappa shape index (κ2) is 9.79. The second-order valence-corrected chi connectivity index (χ2v) is 6.02. The lowest BCUT2D eigenvalue weighted by Crippen LogP contribution is -2.39. The fourth-order valence-electron chi connectivity index (χ4n) is 2.47. The van der Waals surface area contributed by atoms with E-state index in [1.807, 2.05) is 0 Å². The summed E-state index contributed by atoms with van der Waals surface area (Å²) in [5.74, 6) is 0.211. The summed E-state index contributed by atoms with van der Waals surface area (Å²) in [5, 5.41) is 4.01. The van der Waals surface area contributed by atoms with Crippen LogP contribution in [0.4, 0.5) is 0 Å². The minimum Gasteiger partial charge on any atom is -0.356 e. The average molecular weight is 319 g/mol. The molecule has 0 bridgehead atoms. The smallest absolute Gasteiger partial charge is 0.219 e. The molecular formula is C14H27BrN2O. The lowest BCUT2D eigenvalue weighted by atomic mass is 10.0. The summed E-state index contributed by atoms with van der Waals surface area (Å²) in [4.78, 5) is 14.0. The van der Waals surface area contributed by atoms with Gasteiger partial charge in [-0.2, -0.15) is 0 Å². The number of likely N-dealkylation sites (tertiary alicyclic amines) is 1. The number of carbonyl (C=O) groups excluding carboxylic acids is 1. The average Bonchev–Trinajstić information content (AvgIpc) is 2.37. The normalized spacial score (nSPS) is 20.9. The first-order chi connectivity index (χ1) is 8.74. The number of halogens is 1. The van der Waals surface area contributed by atoms with E-state index in [1.165, 1.54) is 25.8 Å². The minimum absolute atomic E-state index is 0.211. The number of carbonyl (C=O) groups is 1. The SMILES string of the molecule is CC1CCCCN1CCCNC(=O)CCCCBr. The number of hydrogen-bond acceptors (Lipinski definition) is 2. The van der Waals surface area contributed by atoms with Crippen LogP contribution in [0.15, 0.2) is 0 Å². The van der Waals surface area contributed by atoms with E-state index < -0.39 is 0 Å². The summed E-state index contributed by atoms with van der Waals surface area (Å²) in [5.41, 5.74) is 0. The number of alkyl halides is 1. The zero-order valence-electron chi connectivity index (χ0n) is 11.6. The van der Waals surface area contributed by atoms with E-state index in [1.54, 1.807) is 0 Å². The maximum Gasteiger partial charge on any atom is 0.219 e. The number of nitrogens with one attached hydrogen (secondary N) is 1. The van der Waals surface area contributed by atoms with Gasteiger partial charge in [-0.3, -0.25) is 4.79 Å². The van der Waals surface area contributed by atoms with Crippen molar-refractivity contribution >= 4 is 21.8 Å². The molecular weight excluding hydrogens is 292 g/mol. The monoisotopic (exact) mass is 318 g/mol. The topological polar surface area (TPSA) is 32.3 Å². The van der Waals surface area contributed by atoms with Gasteiger partial charge >= 0.3 is 0 Å². The third-order valence-corrected chi connectivity index (χ3v) is 4.23. The van der Waals surface area contributed by atoms with Crippen LogP contribution < -0.4 is 5.32 Å². The summed E-state index contributed by atoms with van der Waals surface area (Å²) in [6.07, 6.45) is 7.86. The fraction of sp³-hybridized carbons (Fsp3) is 0.929. The number of nitrogens with zero attached hydrogens (tertiary/aromatic N) is 1. The highest BCUT2D eigenvalue weighted by Gasteiger charge is 2.17.